The van der Waals surface area contributed by atoms with Crippen LogP contribution >= 0.6 is 0 Å². The van der Waals surface area contributed by atoms with Gasteiger partial charge in [0.15, 0.2) is 0 Å². The van der Waals surface area contributed by atoms with Gasteiger partial charge in [-0.15, -0.1) is 0 Å². The van der Waals surface area contributed by atoms with Gasteiger partial charge >= 0.3 is 5.97 Å². The molecule has 1 aromatic carbocycles. The number of hydrogen-bond acceptors (Lipinski definition) is 4. The largest absolute Gasteiger partial charge is 0.480 e. The van der Waals surface area contributed by atoms with Crippen molar-refractivity contribution >= 4 is 11.8 Å². The fourth-order valence-corrected chi connectivity index (χ4v) is 2.42. The molecule has 0 saturated carbocycles. The van der Waals surface area contributed by atoms with Crippen molar-refractivity contribution in [1.29, 1.82) is 0 Å². The topological polar surface area (TPSA) is 75.1 Å². The number of fused-ring (bicyclic) bond motifs is 3. The zero-order valence-electron chi connectivity index (χ0n) is 10.3. The van der Waals surface area contributed by atoms with E-state index < -0.39 is 5.97 Å². The first-order valence-electron chi connectivity index (χ1n) is 6.13. The molecule has 1 aromatic heterocycles. The van der Waals surface area contributed by atoms with E-state index in [2.05, 4.69) is 21.4 Å². The molecule has 19 heavy (non-hydrogen) atoms. The Morgan fingerprint density at radius 2 is 2.11 bits per heavy atom. The lowest BCUT2D eigenvalue weighted by molar-refractivity contribution is -0.134. The second-order valence-corrected chi connectivity index (χ2v) is 4.45. The molecule has 3 rings (SSSR count). The Kier molecular flexibility index (Phi) is 2.87. The van der Waals surface area contributed by atoms with Crippen LogP contribution in [0.2, 0.25) is 0 Å². The van der Waals surface area contributed by atoms with Gasteiger partial charge in [0.05, 0.1) is 5.69 Å². The number of benzene rings is 1. The quantitative estimate of drug-likeness (QED) is 0.873. The zero-order valence-corrected chi connectivity index (χ0v) is 10.3. The number of rotatable bonds is 3. The van der Waals surface area contributed by atoms with Gasteiger partial charge in [0, 0.05) is 11.1 Å². The Labute approximate surface area is 110 Å². The van der Waals surface area contributed by atoms with Crippen LogP contribution in [0.3, 0.4) is 0 Å². The second kappa shape index (κ2) is 4.68. The molecule has 2 N–H and O–H groups in total. The van der Waals surface area contributed by atoms with E-state index in [1.165, 1.54) is 11.9 Å². The SMILES string of the molecule is O=C(O)CNc1ncnc2c1CCc1ccccc1-2. The number of nitrogens with one attached hydrogen (secondary N) is 1. The Balaban J connectivity index is 2.03. The van der Waals surface area contributed by atoms with E-state index in [9.17, 15) is 4.79 Å². The Bertz CT molecular complexity index is 640. The van der Waals surface area contributed by atoms with Gasteiger partial charge in [0.1, 0.15) is 18.7 Å². The normalized spacial score (nSPS) is 12.4. The summed E-state index contributed by atoms with van der Waals surface area (Å²) in [7, 11) is 0. The molecule has 0 spiro atoms. The minimum atomic E-state index is -0.899. The van der Waals surface area contributed by atoms with Gasteiger partial charge in [-0.2, -0.15) is 0 Å². The van der Waals surface area contributed by atoms with Crippen LogP contribution in [0.25, 0.3) is 11.3 Å². The van der Waals surface area contributed by atoms with E-state index in [0.29, 0.717) is 5.82 Å². The van der Waals surface area contributed by atoms with E-state index in [1.807, 2.05) is 18.2 Å². The third kappa shape index (κ3) is 2.14. The molecule has 0 saturated heterocycles. The smallest absolute Gasteiger partial charge is 0.322 e. The summed E-state index contributed by atoms with van der Waals surface area (Å²) in [5.41, 5.74) is 4.30. The summed E-state index contributed by atoms with van der Waals surface area (Å²) in [6.07, 6.45) is 3.23. The van der Waals surface area contributed by atoms with E-state index in [1.54, 1.807) is 0 Å². The summed E-state index contributed by atoms with van der Waals surface area (Å²) < 4.78 is 0. The maximum Gasteiger partial charge on any atom is 0.322 e. The molecule has 0 atom stereocenters. The van der Waals surface area contributed by atoms with Crippen molar-refractivity contribution in [3.8, 4) is 11.3 Å². The first-order valence-corrected chi connectivity index (χ1v) is 6.13. The van der Waals surface area contributed by atoms with E-state index in [0.717, 1.165) is 29.7 Å². The summed E-state index contributed by atoms with van der Waals surface area (Å²) in [6.45, 7) is -0.134. The third-order valence-corrected chi connectivity index (χ3v) is 3.27. The number of carboxylic acid groups (broad SMARTS) is 1. The summed E-state index contributed by atoms with van der Waals surface area (Å²) >= 11 is 0. The van der Waals surface area contributed by atoms with Crippen LogP contribution in [0.15, 0.2) is 30.6 Å². The number of carboxylic acids is 1. The van der Waals surface area contributed by atoms with Gasteiger partial charge in [-0.05, 0) is 18.4 Å². The number of anilines is 1. The zero-order chi connectivity index (χ0) is 13.2. The highest BCUT2D eigenvalue weighted by molar-refractivity contribution is 5.76. The van der Waals surface area contributed by atoms with Gasteiger partial charge in [0.2, 0.25) is 0 Å². The molecule has 1 heterocycles. The number of nitrogens with zero attached hydrogens (tertiary/aromatic N) is 2. The number of aromatic nitrogens is 2. The molecular formula is C14H13N3O2. The average molecular weight is 255 g/mol. The number of aryl methyl sites for hydroxylation is 1. The van der Waals surface area contributed by atoms with E-state index in [4.69, 9.17) is 5.11 Å². The van der Waals surface area contributed by atoms with Crippen LogP contribution in [0.5, 0.6) is 0 Å². The summed E-state index contributed by atoms with van der Waals surface area (Å²) in [4.78, 5) is 19.1. The molecule has 2 aromatic rings. The lowest BCUT2D eigenvalue weighted by atomic mass is 9.89. The first kappa shape index (κ1) is 11.6. The maximum atomic E-state index is 10.6. The molecule has 0 bridgehead atoms. The Hall–Kier alpha value is -2.43. The number of aliphatic carboxylic acids is 1. The number of carbonyl (C=O) groups is 1. The minimum Gasteiger partial charge on any atom is -0.480 e. The summed E-state index contributed by atoms with van der Waals surface area (Å²) in [5.74, 6) is -0.273. The highest BCUT2D eigenvalue weighted by atomic mass is 16.4. The molecule has 5 heteroatoms. The average Bonchev–Trinajstić information content (AvgIpc) is 2.44. The second-order valence-electron chi connectivity index (χ2n) is 4.45. The summed E-state index contributed by atoms with van der Waals surface area (Å²) in [6, 6.07) is 8.15. The van der Waals surface area contributed by atoms with Crippen molar-refractivity contribution < 1.29 is 9.90 Å². The molecular weight excluding hydrogens is 242 g/mol. The van der Waals surface area contributed by atoms with Crippen molar-refractivity contribution in [3.63, 3.8) is 0 Å². The number of hydrogen-bond donors (Lipinski definition) is 2. The molecule has 1 aliphatic rings. The van der Waals surface area contributed by atoms with Gasteiger partial charge in [0.25, 0.3) is 0 Å². The van der Waals surface area contributed by atoms with Crippen molar-refractivity contribution in [2.75, 3.05) is 11.9 Å². The Morgan fingerprint density at radius 1 is 1.26 bits per heavy atom. The fourth-order valence-electron chi connectivity index (χ4n) is 2.42. The van der Waals surface area contributed by atoms with Crippen molar-refractivity contribution in [2.45, 2.75) is 12.8 Å². The van der Waals surface area contributed by atoms with Crippen LogP contribution in [-0.4, -0.2) is 27.6 Å². The van der Waals surface area contributed by atoms with Gasteiger partial charge in [-0.3, -0.25) is 4.79 Å². The Morgan fingerprint density at radius 3 is 2.95 bits per heavy atom. The molecule has 5 nitrogen and oxygen atoms in total. The predicted molar refractivity (Wildman–Crippen MR) is 71.0 cm³/mol. The summed E-state index contributed by atoms with van der Waals surface area (Å²) in [5, 5.41) is 11.6. The van der Waals surface area contributed by atoms with Crippen LogP contribution in [0.4, 0.5) is 5.82 Å². The van der Waals surface area contributed by atoms with Crippen LogP contribution in [-0.2, 0) is 17.6 Å². The van der Waals surface area contributed by atoms with Crippen LogP contribution in [0.1, 0.15) is 11.1 Å². The predicted octanol–water partition coefficient (Wildman–Crippen LogP) is 1.74. The van der Waals surface area contributed by atoms with Gasteiger partial charge in [-0.1, -0.05) is 24.3 Å². The van der Waals surface area contributed by atoms with E-state index in [-0.39, 0.29) is 6.54 Å². The molecule has 0 radical (unpaired) electrons. The monoisotopic (exact) mass is 255 g/mol. The van der Waals surface area contributed by atoms with Crippen LogP contribution < -0.4 is 5.32 Å². The highest BCUT2D eigenvalue weighted by Gasteiger charge is 2.20. The standard InChI is InChI=1S/C14H13N3O2/c18-12(19)7-15-14-11-6-5-9-3-1-2-4-10(9)13(11)16-8-17-14/h1-4,8H,5-7H2,(H,18,19)(H,15,16,17). The van der Waals surface area contributed by atoms with Gasteiger partial charge in [-0.25, -0.2) is 9.97 Å². The third-order valence-electron chi connectivity index (χ3n) is 3.27. The maximum absolute atomic E-state index is 10.6. The van der Waals surface area contributed by atoms with Crippen molar-refractivity contribution in [3.05, 3.63) is 41.7 Å². The molecule has 96 valence electrons. The minimum absolute atomic E-state index is 0.134. The molecule has 0 unspecified atom stereocenters. The highest BCUT2D eigenvalue weighted by Crippen LogP contribution is 2.34. The molecule has 0 fully saturated rings. The molecule has 1 aliphatic carbocycles. The van der Waals surface area contributed by atoms with Crippen molar-refractivity contribution in [1.82, 2.24) is 9.97 Å². The van der Waals surface area contributed by atoms with Crippen LogP contribution in [0, 0.1) is 0 Å². The lowest BCUT2D eigenvalue weighted by Gasteiger charge is -2.20. The fraction of sp³-hybridized carbons (Fsp3) is 0.214. The van der Waals surface area contributed by atoms with Gasteiger partial charge < -0.3 is 10.4 Å². The van der Waals surface area contributed by atoms with Crippen molar-refractivity contribution in [2.24, 2.45) is 0 Å². The lowest BCUT2D eigenvalue weighted by Crippen LogP contribution is -2.17. The van der Waals surface area contributed by atoms with E-state index >= 15 is 0 Å². The molecule has 0 aliphatic heterocycles. The first-order chi connectivity index (χ1) is 9.25. The molecule has 0 amide bonds.